The summed E-state index contributed by atoms with van der Waals surface area (Å²) in [5.74, 6) is -0.177. The molecular formula is C11H16N2O2. The summed E-state index contributed by atoms with van der Waals surface area (Å²) in [6, 6.07) is 1.72. The molecule has 0 spiro atoms. The van der Waals surface area contributed by atoms with Crippen molar-refractivity contribution in [2.24, 2.45) is 11.8 Å². The third kappa shape index (κ3) is 4.06. The van der Waals surface area contributed by atoms with Gasteiger partial charge >= 0.3 is 5.97 Å². The number of carboxylic acids is 1. The Morgan fingerprint density at radius 2 is 2.00 bits per heavy atom. The van der Waals surface area contributed by atoms with Crippen molar-refractivity contribution in [3.63, 3.8) is 0 Å². The van der Waals surface area contributed by atoms with E-state index in [9.17, 15) is 4.79 Å². The zero-order valence-electron chi connectivity index (χ0n) is 9.05. The van der Waals surface area contributed by atoms with E-state index in [1.807, 2.05) is 13.8 Å². The number of carbonyl (C=O) groups is 1. The van der Waals surface area contributed by atoms with Crippen LogP contribution in [-0.2, 0) is 11.2 Å². The molecule has 0 aliphatic rings. The molecule has 15 heavy (non-hydrogen) atoms. The highest BCUT2D eigenvalue weighted by Crippen LogP contribution is 2.15. The number of rotatable bonds is 5. The Hall–Kier alpha value is -1.45. The molecule has 0 saturated heterocycles. The van der Waals surface area contributed by atoms with Crippen LogP contribution in [0, 0.1) is 11.8 Å². The van der Waals surface area contributed by atoms with Crippen LogP contribution in [0.3, 0.4) is 0 Å². The van der Waals surface area contributed by atoms with Gasteiger partial charge < -0.3 is 5.11 Å². The normalized spacial score (nSPS) is 12.7. The maximum Gasteiger partial charge on any atom is 0.306 e. The molecule has 1 aromatic heterocycles. The van der Waals surface area contributed by atoms with E-state index in [4.69, 9.17) is 5.11 Å². The highest BCUT2D eigenvalue weighted by molar-refractivity contribution is 5.70. The number of nitrogens with zero attached hydrogens (tertiary/aromatic N) is 2. The fraction of sp³-hybridized carbons (Fsp3) is 0.545. The minimum absolute atomic E-state index is 0.370. The number of hydrogen-bond acceptors (Lipinski definition) is 3. The van der Waals surface area contributed by atoms with Gasteiger partial charge in [0.25, 0.3) is 0 Å². The minimum Gasteiger partial charge on any atom is -0.481 e. The van der Waals surface area contributed by atoms with Gasteiger partial charge in [0, 0.05) is 18.8 Å². The van der Waals surface area contributed by atoms with Crippen molar-refractivity contribution < 1.29 is 9.90 Å². The monoisotopic (exact) mass is 208 g/mol. The molecule has 82 valence electrons. The molecule has 0 bridgehead atoms. The van der Waals surface area contributed by atoms with Crippen LogP contribution in [0.5, 0.6) is 0 Å². The summed E-state index contributed by atoms with van der Waals surface area (Å²) in [6.45, 7) is 4.03. The molecule has 0 amide bonds. The van der Waals surface area contributed by atoms with Crippen LogP contribution >= 0.6 is 0 Å². The summed E-state index contributed by atoms with van der Waals surface area (Å²) in [4.78, 5) is 19.1. The smallest absolute Gasteiger partial charge is 0.306 e. The average molecular weight is 208 g/mol. The van der Waals surface area contributed by atoms with Crippen LogP contribution in [0.25, 0.3) is 0 Å². The van der Waals surface area contributed by atoms with Crippen molar-refractivity contribution in [3.05, 3.63) is 24.3 Å². The molecule has 4 nitrogen and oxygen atoms in total. The summed E-state index contributed by atoms with van der Waals surface area (Å²) >= 11 is 0. The molecule has 1 heterocycles. The van der Waals surface area contributed by atoms with Gasteiger partial charge in [-0.05, 0) is 18.4 Å². The second-order valence-electron chi connectivity index (χ2n) is 4.03. The number of hydrogen-bond donors (Lipinski definition) is 1. The second-order valence-corrected chi connectivity index (χ2v) is 4.03. The van der Waals surface area contributed by atoms with E-state index >= 15 is 0 Å². The first-order chi connectivity index (χ1) is 7.09. The van der Waals surface area contributed by atoms with Gasteiger partial charge in [0.05, 0.1) is 5.92 Å². The van der Waals surface area contributed by atoms with Gasteiger partial charge in [-0.2, -0.15) is 0 Å². The molecule has 4 heteroatoms. The highest BCUT2D eigenvalue weighted by Gasteiger charge is 2.20. The predicted molar refractivity (Wildman–Crippen MR) is 56.3 cm³/mol. The van der Waals surface area contributed by atoms with Crippen LogP contribution in [0.15, 0.2) is 18.5 Å². The molecule has 0 fully saturated rings. The third-order valence-corrected chi connectivity index (χ3v) is 2.15. The van der Waals surface area contributed by atoms with Crippen molar-refractivity contribution in [1.29, 1.82) is 0 Å². The molecule has 0 aliphatic heterocycles. The molecule has 0 aliphatic carbocycles. The van der Waals surface area contributed by atoms with Crippen molar-refractivity contribution in [2.45, 2.75) is 26.7 Å². The Labute approximate surface area is 89.4 Å². The van der Waals surface area contributed by atoms with Crippen molar-refractivity contribution in [3.8, 4) is 0 Å². The number of carboxylic acid groups (broad SMARTS) is 1. The van der Waals surface area contributed by atoms with Crippen LogP contribution in [-0.4, -0.2) is 21.0 Å². The van der Waals surface area contributed by atoms with E-state index in [2.05, 4.69) is 9.97 Å². The van der Waals surface area contributed by atoms with E-state index < -0.39 is 5.97 Å². The first-order valence-corrected chi connectivity index (χ1v) is 5.08. The lowest BCUT2D eigenvalue weighted by Gasteiger charge is -2.13. The standard InChI is InChI=1S/C11H16N2O2/c1-8(2)6-9(11(14)15)7-10-12-4-3-5-13-10/h3-5,8-9H,6-7H2,1-2H3,(H,14,15). The Morgan fingerprint density at radius 3 is 2.47 bits per heavy atom. The zero-order valence-corrected chi connectivity index (χ0v) is 9.05. The average Bonchev–Trinajstić information content (AvgIpc) is 2.17. The molecule has 1 rings (SSSR count). The van der Waals surface area contributed by atoms with Gasteiger partial charge in [-0.15, -0.1) is 0 Å². The summed E-state index contributed by atoms with van der Waals surface area (Å²) in [6.07, 6.45) is 4.34. The molecule has 1 unspecified atom stereocenters. The SMILES string of the molecule is CC(C)CC(Cc1ncccn1)C(=O)O. The molecule has 0 radical (unpaired) electrons. The maximum atomic E-state index is 11.0. The number of aromatic nitrogens is 2. The zero-order chi connectivity index (χ0) is 11.3. The lowest BCUT2D eigenvalue weighted by Crippen LogP contribution is -2.19. The van der Waals surface area contributed by atoms with E-state index in [0.717, 1.165) is 0 Å². The lowest BCUT2D eigenvalue weighted by molar-refractivity contribution is -0.142. The van der Waals surface area contributed by atoms with Crippen molar-refractivity contribution in [2.75, 3.05) is 0 Å². The van der Waals surface area contributed by atoms with Crippen molar-refractivity contribution >= 4 is 5.97 Å². The minimum atomic E-state index is -0.767. The molecule has 1 aromatic rings. The first kappa shape index (κ1) is 11.6. The van der Waals surface area contributed by atoms with Gasteiger partial charge in [0.15, 0.2) is 0 Å². The van der Waals surface area contributed by atoms with E-state index in [0.29, 0.717) is 24.6 Å². The Balaban J connectivity index is 2.63. The van der Waals surface area contributed by atoms with Crippen LogP contribution in [0.2, 0.25) is 0 Å². The molecule has 0 saturated carbocycles. The quantitative estimate of drug-likeness (QED) is 0.801. The van der Waals surface area contributed by atoms with Gasteiger partial charge in [-0.3, -0.25) is 4.79 Å². The molecule has 0 aromatic carbocycles. The Bertz CT molecular complexity index is 312. The topological polar surface area (TPSA) is 63.1 Å². The summed E-state index contributed by atoms with van der Waals surface area (Å²) in [7, 11) is 0. The maximum absolute atomic E-state index is 11.0. The highest BCUT2D eigenvalue weighted by atomic mass is 16.4. The van der Waals surface area contributed by atoms with E-state index in [1.165, 1.54) is 0 Å². The first-order valence-electron chi connectivity index (χ1n) is 5.08. The van der Waals surface area contributed by atoms with Gasteiger partial charge in [0.2, 0.25) is 0 Å². The summed E-state index contributed by atoms with van der Waals surface area (Å²) in [5, 5.41) is 9.03. The predicted octanol–water partition coefficient (Wildman–Crippen LogP) is 1.77. The summed E-state index contributed by atoms with van der Waals surface area (Å²) < 4.78 is 0. The second kappa shape index (κ2) is 5.44. The van der Waals surface area contributed by atoms with Crippen LogP contribution in [0.4, 0.5) is 0 Å². The van der Waals surface area contributed by atoms with Crippen LogP contribution < -0.4 is 0 Å². The number of aliphatic carboxylic acids is 1. The fourth-order valence-corrected chi connectivity index (χ4v) is 1.50. The van der Waals surface area contributed by atoms with Gasteiger partial charge in [-0.1, -0.05) is 13.8 Å². The van der Waals surface area contributed by atoms with Crippen LogP contribution in [0.1, 0.15) is 26.1 Å². The van der Waals surface area contributed by atoms with E-state index in [-0.39, 0.29) is 5.92 Å². The van der Waals surface area contributed by atoms with Gasteiger partial charge in [-0.25, -0.2) is 9.97 Å². The fourth-order valence-electron chi connectivity index (χ4n) is 1.50. The van der Waals surface area contributed by atoms with E-state index in [1.54, 1.807) is 18.5 Å². The third-order valence-electron chi connectivity index (χ3n) is 2.15. The van der Waals surface area contributed by atoms with Crippen molar-refractivity contribution in [1.82, 2.24) is 9.97 Å². The Morgan fingerprint density at radius 1 is 1.40 bits per heavy atom. The Kier molecular flexibility index (Phi) is 4.21. The lowest BCUT2D eigenvalue weighted by atomic mass is 9.94. The molecular weight excluding hydrogens is 192 g/mol. The molecule has 1 atom stereocenters. The molecule has 1 N–H and O–H groups in total. The largest absolute Gasteiger partial charge is 0.481 e. The summed E-state index contributed by atoms with van der Waals surface area (Å²) in [5.41, 5.74) is 0. The van der Waals surface area contributed by atoms with Gasteiger partial charge in [0.1, 0.15) is 5.82 Å².